The second-order valence-corrected chi connectivity index (χ2v) is 5.50. The first-order valence-corrected chi connectivity index (χ1v) is 6.45. The average Bonchev–Trinajstić information content (AvgIpc) is 2.87. The van der Waals surface area contributed by atoms with E-state index in [4.69, 9.17) is 0 Å². The van der Waals surface area contributed by atoms with Gasteiger partial charge in [-0.25, -0.2) is 0 Å². The molecule has 0 aliphatic carbocycles. The van der Waals surface area contributed by atoms with Gasteiger partial charge in [-0.1, -0.05) is 6.07 Å². The second kappa shape index (κ2) is 4.52. The van der Waals surface area contributed by atoms with Crippen molar-refractivity contribution in [1.29, 1.82) is 0 Å². The van der Waals surface area contributed by atoms with Crippen molar-refractivity contribution in [1.82, 2.24) is 9.78 Å². The summed E-state index contributed by atoms with van der Waals surface area (Å²) < 4.78 is 14.4. The molecule has 14 heavy (non-hydrogen) atoms. The Morgan fingerprint density at radius 1 is 1.50 bits per heavy atom. The second-order valence-electron chi connectivity index (χ2n) is 2.75. The minimum Gasteiger partial charge on any atom is -0.272 e. The van der Waals surface area contributed by atoms with Gasteiger partial charge < -0.3 is 0 Å². The maximum atomic E-state index is 11.7. The van der Waals surface area contributed by atoms with Gasteiger partial charge in [0.25, 0.3) is 0 Å². The summed E-state index contributed by atoms with van der Waals surface area (Å²) in [5, 5.41) is 6.00. The lowest BCUT2D eigenvalue weighted by Gasteiger charge is -1.99. The standard InChI is InChI=1S/C9H10N2OS2/c12-14(9-3-1-7-13-9)8-6-11-5-2-4-10-11/h1-5,7H,6,8H2. The van der Waals surface area contributed by atoms with Gasteiger partial charge in [0.2, 0.25) is 0 Å². The summed E-state index contributed by atoms with van der Waals surface area (Å²) >= 11 is 1.54. The SMILES string of the molecule is O=S(CCn1cccn1)c1cccs1. The van der Waals surface area contributed by atoms with E-state index in [0.717, 1.165) is 4.21 Å². The molecule has 0 aromatic carbocycles. The first kappa shape index (κ1) is 9.61. The lowest BCUT2D eigenvalue weighted by Crippen LogP contribution is -2.07. The number of rotatable bonds is 4. The third kappa shape index (κ3) is 2.30. The fourth-order valence-corrected chi connectivity index (χ4v) is 3.18. The minimum absolute atomic E-state index is 0.627. The summed E-state index contributed by atoms with van der Waals surface area (Å²) in [6.07, 6.45) is 3.61. The Hall–Kier alpha value is -0.940. The van der Waals surface area contributed by atoms with Gasteiger partial charge in [0, 0.05) is 18.1 Å². The highest BCUT2D eigenvalue weighted by Crippen LogP contribution is 2.13. The average molecular weight is 226 g/mol. The molecule has 0 N–H and O–H groups in total. The molecule has 0 radical (unpaired) electrons. The normalized spacial score (nSPS) is 12.9. The van der Waals surface area contributed by atoms with Crippen LogP contribution in [0.2, 0.25) is 0 Å². The Bertz CT molecular complexity index is 394. The number of hydrogen-bond acceptors (Lipinski definition) is 3. The van der Waals surface area contributed by atoms with E-state index in [1.807, 2.05) is 29.8 Å². The fraction of sp³-hybridized carbons (Fsp3) is 0.222. The van der Waals surface area contributed by atoms with Crippen LogP contribution < -0.4 is 0 Å². The largest absolute Gasteiger partial charge is 0.272 e. The zero-order valence-electron chi connectivity index (χ0n) is 7.50. The summed E-state index contributed by atoms with van der Waals surface area (Å²) in [7, 11) is -0.879. The first-order valence-electron chi connectivity index (χ1n) is 4.25. The van der Waals surface area contributed by atoms with Crippen LogP contribution in [-0.4, -0.2) is 19.7 Å². The lowest BCUT2D eigenvalue weighted by molar-refractivity contribution is 0.645. The van der Waals surface area contributed by atoms with Crippen LogP contribution in [0.4, 0.5) is 0 Å². The van der Waals surface area contributed by atoms with Crippen LogP contribution in [0.25, 0.3) is 0 Å². The number of hydrogen-bond donors (Lipinski definition) is 0. The molecule has 2 rings (SSSR count). The van der Waals surface area contributed by atoms with Crippen LogP contribution in [0.5, 0.6) is 0 Å². The van der Waals surface area contributed by atoms with E-state index in [-0.39, 0.29) is 0 Å². The van der Waals surface area contributed by atoms with Crippen molar-refractivity contribution in [2.75, 3.05) is 5.75 Å². The Morgan fingerprint density at radius 2 is 2.43 bits per heavy atom. The Kier molecular flexibility index (Phi) is 3.10. The molecule has 0 saturated carbocycles. The first-order chi connectivity index (χ1) is 6.86. The molecule has 1 unspecified atom stereocenters. The summed E-state index contributed by atoms with van der Waals surface area (Å²) in [5.41, 5.74) is 0. The molecule has 1 atom stereocenters. The van der Waals surface area contributed by atoms with E-state index in [0.29, 0.717) is 12.3 Å². The minimum atomic E-state index is -0.879. The van der Waals surface area contributed by atoms with Crippen molar-refractivity contribution in [3.8, 4) is 0 Å². The molecule has 0 saturated heterocycles. The highest BCUT2D eigenvalue weighted by molar-refractivity contribution is 7.87. The molecule has 2 heterocycles. The smallest absolute Gasteiger partial charge is 0.0911 e. The number of nitrogens with zero attached hydrogens (tertiary/aromatic N) is 2. The van der Waals surface area contributed by atoms with Gasteiger partial charge in [-0.05, 0) is 17.5 Å². The van der Waals surface area contributed by atoms with E-state index >= 15 is 0 Å². The number of thiophene rings is 1. The van der Waals surface area contributed by atoms with E-state index < -0.39 is 10.8 Å². The predicted molar refractivity (Wildman–Crippen MR) is 57.8 cm³/mol. The molecule has 2 aromatic heterocycles. The van der Waals surface area contributed by atoms with Crippen molar-refractivity contribution >= 4 is 22.1 Å². The third-order valence-electron chi connectivity index (χ3n) is 1.78. The van der Waals surface area contributed by atoms with E-state index in [1.165, 1.54) is 11.3 Å². The van der Waals surface area contributed by atoms with Gasteiger partial charge >= 0.3 is 0 Å². The Morgan fingerprint density at radius 3 is 3.07 bits per heavy atom. The van der Waals surface area contributed by atoms with Crippen LogP contribution in [0.15, 0.2) is 40.2 Å². The molecule has 5 heteroatoms. The highest BCUT2D eigenvalue weighted by Gasteiger charge is 2.04. The maximum absolute atomic E-state index is 11.7. The number of aromatic nitrogens is 2. The van der Waals surface area contributed by atoms with Gasteiger partial charge in [0.1, 0.15) is 0 Å². The molecular weight excluding hydrogens is 216 g/mol. The monoisotopic (exact) mass is 226 g/mol. The van der Waals surface area contributed by atoms with Gasteiger partial charge in [-0.2, -0.15) is 5.10 Å². The molecule has 0 spiro atoms. The molecule has 0 fully saturated rings. The third-order valence-corrected chi connectivity index (χ3v) is 4.43. The molecule has 2 aromatic rings. The molecule has 3 nitrogen and oxygen atoms in total. The van der Waals surface area contributed by atoms with Gasteiger partial charge in [-0.15, -0.1) is 11.3 Å². The Balaban J connectivity index is 1.90. The van der Waals surface area contributed by atoms with Gasteiger partial charge in [0.15, 0.2) is 0 Å². The summed E-state index contributed by atoms with van der Waals surface area (Å²) in [4.78, 5) is 0. The van der Waals surface area contributed by atoms with Crippen molar-refractivity contribution in [2.45, 2.75) is 10.8 Å². The van der Waals surface area contributed by atoms with Crippen LogP contribution in [0.3, 0.4) is 0 Å². The number of aryl methyl sites for hydroxylation is 1. The van der Waals surface area contributed by atoms with Crippen molar-refractivity contribution < 1.29 is 4.21 Å². The summed E-state index contributed by atoms with van der Waals surface area (Å²) in [6, 6.07) is 5.70. The Labute approximate surface area is 88.8 Å². The summed E-state index contributed by atoms with van der Waals surface area (Å²) in [5.74, 6) is 0.627. The predicted octanol–water partition coefficient (Wildman–Crippen LogP) is 1.75. The van der Waals surface area contributed by atoms with Crippen molar-refractivity contribution in [3.63, 3.8) is 0 Å². The lowest BCUT2D eigenvalue weighted by atomic mass is 10.7. The van der Waals surface area contributed by atoms with Gasteiger partial charge in [0.05, 0.1) is 21.6 Å². The van der Waals surface area contributed by atoms with Crippen molar-refractivity contribution in [3.05, 3.63) is 36.0 Å². The van der Waals surface area contributed by atoms with E-state index in [2.05, 4.69) is 5.10 Å². The quantitative estimate of drug-likeness (QED) is 0.796. The zero-order valence-corrected chi connectivity index (χ0v) is 9.13. The van der Waals surface area contributed by atoms with E-state index in [9.17, 15) is 4.21 Å². The van der Waals surface area contributed by atoms with Gasteiger partial charge in [-0.3, -0.25) is 8.89 Å². The highest BCUT2D eigenvalue weighted by atomic mass is 32.2. The summed E-state index contributed by atoms with van der Waals surface area (Å²) in [6.45, 7) is 0.706. The molecule has 0 aliphatic rings. The van der Waals surface area contributed by atoms with Crippen LogP contribution in [0, 0.1) is 0 Å². The molecule has 0 aliphatic heterocycles. The molecule has 0 amide bonds. The molecule has 0 bridgehead atoms. The zero-order chi connectivity index (χ0) is 9.80. The van der Waals surface area contributed by atoms with Crippen molar-refractivity contribution in [2.24, 2.45) is 0 Å². The molecule has 74 valence electrons. The maximum Gasteiger partial charge on any atom is 0.0911 e. The molecular formula is C9H10N2OS2. The fourth-order valence-electron chi connectivity index (χ4n) is 1.10. The topological polar surface area (TPSA) is 34.9 Å². The van der Waals surface area contributed by atoms with E-state index in [1.54, 1.807) is 10.9 Å². The van der Waals surface area contributed by atoms with Crippen LogP contribution >= 0.6 is 11.3 Å². The van der Waals surface area contributed by atoms with Crippen LogP contribution in [-0.2, 0) is 17.3 Å². The van der Waals surface area contributed by atoms with Crippen LogP contribution in [0.1, 0.15) is 0 Å².